The molecule has 1 heterocycles. The number of hydrogen-bond donors (Lipinski definition) is 1. The molecule has 0 amide bonds. The quantitative estimate of drug-likeness (QED) is 0.887. The standard InChI is InChI=1S/C11H12N2O2S/c1-3-16(14,15)13(2)11-6-4-5-10-9(11)7-8-12-10/h3-8,12H,1H2,2H3. The van der Waals surface area contributed by atoms with E-state index in [0.717, 1.165) is 16.3 Å². The van der Waals surface area contributed by atoms with Crippen molar-refractivity contribution >= 4 is 26.6 Å². The van der Waals surface area contributed by atoms with Crippen LogP contribution in [0, 0.1) is 0 Å². The Morgan fingerprint density at radius 2 is 2.12 bits per heavy atom. The summed E-state index contributed by atoms with van der Waals surface area (Å²) in [6.07, 6.45) is 1.78. The maximum atomic E-state index is 11.7. The Morgan fingerprint density at radius 3 is 2.81 bits per heavy atom. The minimum absolute atomic E-state index is 0.638. The number of fused-ring (bicyclic) bond motifs is 1. The molecule has 0 saturated carbocycles. The van der Waals surface area contributed by atoms with Gasteiger partial charge in [0.25, 0.3) is 10.0 Å². The van der Waals surface area contributed by atoms with Crippen LogP contribution in [0.2, 0.25) is 0 Å². The van der Waals surface area contributed by atoms with Crippen molar-refractivity contribution in [1.82, 2.24) is 4.98 Å². The molecule has 0 radical (unpaired) electrons. The number of aromatic amines is 1. The topological polar surface area (TPSA) is 53.2 Å². The van der Waals surface area contributed by atoms with Gasteiger partial charge in [0, 0.05) is 29.6 Å². The Bertz CT molecular complexity index is 628. The van der Waals surface area contributed by atoms with Crippen LogP contribution < -0.4 is 4.31 Å². The Hall–Kier alpha value is -1.75. The molecule has 0 aliphatic rings. The number of anilines is 1. The Balaban J connectivity index is 2.64. The van der Waals surface area contributed by atoms with Crippen molar-refractivity contribution in [3.8, 4) is 0 Å². The highest BCUT2D eigenvalue weighted by atomic mass is 32.2. The minimum atomic E-state index is -3.44. The van der Waals surface area contributed by atoms with Crippen molar-refractivity contribution in [3.63, 3.8) is 0 Å². The van der Waals surface area contributed by atoms with Gasteiger partial charge in [-0.3, -0.25) is 4.31 Å². The summed E-state index contributed by atoms with van der Waals surface area (Å²) in [5.41, 5.74) is 1.54. The van der Waals surface area contributed by atoms with Gasteiger partial charge in [-0.25, -0.2) is 8.42 Å². The number of H-pyrrole nitrogens is 1. The maximum absolute atomic E-state index is 11.7. The fourth-order valence-electron chi connectivity index (χ4n) is 1.59. The Labute approximate surface area is 94.2 Å². The van der Waals surface area contributed by atoms with Gasteiger partial charge in [0.15, 0.2) is 0 Å². The van der Waals surface area contributed by atoms with Crippen molar-refractivity contribution in [1.29, 1.82) is 0 Å². The third-order valence-corrected chi connectivity index (χ3v) is 3.88. The van der Waals surface area contributed by atoms with Crippen LogP contribution in [0.15, 0.2) is 42.4 Å². The summed E-state index contributed by atoms with van der Waals surface area (Å²) in [7, 11) is -1.92. The highest BCUT2D eigenvalue weighted by Crippen LogP contribution is 2.27. The van der Waals surface area contributed by atoms with Crippen LogP contribution in [0.3, 0.4) is 0 Å². The van der Waals surface area contributed by atoms with Gasteiger partial charge >= 0.3 is 0 Å². The molecule has 0 bridgehead atoms. The van der Waals surface area contributed by atoms with E-state index in [1.165, 1.54) is 11.4 Å². The molecule has 0 fully saturated rings. The lowest BCUT2D eigenvalue weighted by Crippen LogP contribution is -2.23. The third kappa shape index (κ3) is 1.59. The van der Waals surface area contributed by atoms with E-state index in [0.29, 0.717) is 5.69 Å². The summed E-state index contributed by atoms with van der Waals surface area (Å²) in [6.45, 7) is 3.31. The zero-order valence-electron chi connectivity index (χ0n) is 8.84. The molecule has 0 aliphatic carbocycles. The monoisotopic (exact) mass is 236 g/mol. The smallest absolute Gasteiger partial charge is 0.256 e. The van der Waals surface area contributed by atoms with E-state index >= 15 is 0 Å². The van der Waals surface area contributed by atoms with Crippen LogP contribution in [0.1, 0.15) is 0 Å². The zero-order valence-corrected chi connectivity index (χ0v) is 9.66. The van der Waals surface area contributed by atoms with Gasteiger partial charge < -0.3 is 4.98 Å². The Kier molecular flexibility index (Phi) is 2.47. The lowest BCUT2D eigenvalue weighted by Gasteiger charge is -2.17. The van der Waals surface area contributed by atoms with E-state index < -0.39 is 10.0 Å². The summed E-state index contributed by atoms with van der Waals surface area (Å²) in [5, 5.41) is 1.81. The molecule has 1 aromatic heterocycles. The average Bonchev–Trinajstić information content (AvgIpc) is 2.75. The highest BCUT2D eigenvalue weighted by Gasteiger charge is 2.16. The van der Waals surface area contributed by atoms with Crippen LogP contribution >= 0.6 is 0 Å². The molecule has 2 rings (SSSR count). The van der Waals surface area contributed by atoms with Crippen molar-refractivity contribution in [3.05, 3.63) is 42.4 Å². The molecular formula is C11H12N2O2S. The number of nitrogens with zero attached hydrogens (tertiary/aromatic N) is 1. The SMILES string of the molecule is C=CS(=O)(=O)N(C)c1cccc2[nH]ccc12. The second-order valence-electron chi connectivity index (χ2n) is 3.40. The molecular weight excluding hydrogens is 224 g/mol. The third-order valence-electron chi connectivity index (χ3n) is 2.50. The van der Waals surface area contributed by atoms with E-state index in [1.807, 2.05) is 18.2 Å². The van der Waals surface area contributed by atoms with Gasteiger partial charge in [0.2, 0.25) is 0 Å². The van der Waals surface area contributed by atoms with Crippen molar-refractivity contribution in [2.75, 3.05) is 11.4 Å². The predicted octanol–water partition coefficient (Wildman–Crippen LogP) is 2.08. The summed E-state index contributed by atoms with van der Waals surface area (Å²) in [5.74, 6) is 0. The number of rotatable bonds is 3. The molecule has 0 unspecified atom stereocenters. The molecule has 84 valence electrons. The Morgan fingerprint density at radius 1 is 1.38 bits per heavy atom. The average molecular weight is 236 g/mol. The molecule has 0 aliphatic heterocycles. The molecule has 0 spiro atoms. The second-order valence-corrected chi connectivity index (χ2v) is 5.31. The summed E-state index contributed by atoms with van der Waals surface area (Å²) in [4.78, 5) is 3.04. The summed E-state index contributed by atoms with van der Waals surface area (Å²) < 4.78 is 24.5. The van der Waals surface area contributed by atoms with Gasteiger partial charge in [-0.2, -0.15) is 0 Å². The second kappa shape index (κ2) is 3.68. The van der Waals surface area contributed by atoms with Gasteiger partial charge in [-0.1, -0.05) is 12.6 Å². The van der Waals surface area contributed by atoms with E-state index in [9.17, 15) is 8.42 Å². The number of benzene rings is 1. The van der Waals surface area contributed by atoms with Crippen molar-refractivity contribution in [2.45, 2.75) is 0 Å². The van der Waals surface area contributed by atoms with E-state index in [-0.39, 0.29) is 0 Å². The first-order valence-corrected chi connectivity index (χ1v) is 6.24. The number of sulfonamides is 1. The maximum Gasteiger partial charge on any atom is 0.256 e. The predicted molar refractivity (Wildman–Crippen MR) is 65.8 cm³/mol. The van der Waals surface area contributed by atoms with E-state index in [2.05, 4.69) is 11.6 Å². The molecule has 1 aromatic carbocycles. The normalized spacial score (nSPS) is 11.6. The molecule has 0 saturated heterocycles. The minimum Gasteiger partial charge on any atom is -0.361 e. The van der Waals surface area contributed by atoms with E-state index in [4.69, 9.17) is 0 Å². The van der Waals surface area contributed by atoms with E-state index in [1.54, 1.807) is 12.3 Å². The van der Waals surface area contributed by atoms with Gasteiger partial charge in [-0.15, -0.1) is 0 Å². The molecule has 2 aromatic rings. The highest BCUT2D eigenvalue weighted by molar-refractivity contribution is 7.95. The molecule has 5 heteroatoms. The largest absolute Gasteiger partial charge is 0.361 e. The lowest BCUT2D eigenvalue weighted by atomic mass is 10.2. The van der Waals surface area contributed by atoms with Crippen LogP contribution in [0.5, 0.6) is 0 Å². The molecule has 4 nitrogen and oxygen atoms in total. The number of hydrogen-bond acceptors (Lipinski definition) is 2. The fraction of sp³-hybridized carbons (Fsp3) is 0.0909. The van der Waals surface area contributed by atoms with Gasteiger partial charge in [-0.05, 0) is 18.2 Å². The fourth-order valence-corrected chi connectivity index (χ4v) is 2.25. The zero-order chi connectivity index (χ0) is 11.8. The first-order valence-electron chi connectivity index (χ1n) is 4.74. The summed E-state index contributed by atoms with van der Waals surface area (Å²) in [6, 6.07) is 7.31. The number of aromatic nitrogens is 1. The van der Waals surface area contributed by atoms with Crippen molar-refractivity contribution < 1.29 is 8.42 Å². The number of nitrogens with one attached hydrogen (secondary N) is 1. The first-order chi connectivity index (χ1) is 7.56. The molecule has 0 atom stereocenters. The van der Waals surface area contributed by atoms with Crippen LogP contribution in [-0.4, -0.2) is 20.4 Å². The molecule has 16 heavy (non-hydrogen) atoms. The van der Waals surface area contributed by atoms with Gasteiger partial charge in [0.1, 0.15) is 0 Å². The summed E-state index contributed by atoms with van der Waals surface area (Å²) >= 11 is 0. The van der Waals surface area contributed by atoms with Crippen LogP contribution in [0.25, 0.3) is 10.9 Å². The first kappa shape index (κ1) is 10.8. The lowest BCUT2D eigenvalue weighted by molar-refractivity contribution is 0.603. The van der Waals surface area contributed by atoms with Crippen LogP contribution in [-0.2, 0) is 10.0 Å². The molecule has 1 N–H and O–H groups in total. The van der Waals surface area contributed by atoms with Crippen molar-refractivity contribution in [2.24, 2.45) is 0 Å². The van der Waals surface area contributed by atoms with Crippen LogP contribution in [0.4, 0.5) is 5.69 Å². The van der Waals surface area contributed by atoms with Gasteiger partial charge in [0.05, 0.1) is 5.69 Å².